The molecule has 4 heteroatoms. The summed E-state index contributed by atoms with van der Waals surface area (Å²) in [6, 6.07) is 10.9. The molecule has 0 unspecified atom stereocenters. The maximum absolute atomic E-state index is 10.9. The van der Waals surface area contributed by atoms with Gasteiger partial charge in [0, 0.05) is 11.6 Å². The van der Waals surface area contributed by atoms with E-state index in [2.05, 4.69) is 0 Å². The molecule has 0 radical (unpaired) electrons. The average Bonchev–Trinajstić information content (AvgIpc) is 2.35. The molecule has 0 fully saturated rings. The zero-order chi connectivity index (χ0) is 14.0. The molecule has 2 aromatic rings. The molecule has 0 aliphatic carbocycles. The Kier molecular flexibility index (Phi) is 3.51. The molecule has 0 aromatic heterocycles. The second-order valence-electron chi connectivity index (χ2n) is 4.53. The fourth-order valence-corrected chi connectivity index (χ4v) is 1.87. The summed E-state index contributed by atoms with van der Waals surface area (Å²) >= 11 is 0. The van der Waals surface area contributed by atoms with E-state index in [0.29, 0.717) is 11.3 Å². The van der Waals surface area contributed by atoms with Crippen LogP contribution < -0.4 is 4.74 Å². The SMILES string of the molecule is Cc1ccccc1Oc1cc(C)c([N+](=O)[O-])cc1C. The first kappa shape index (κ1) is 13.1. The Morgan fingerprint density at radius 3 is 2.26 bits per heavy atom. The molecule has 0 amide bonds. The van der Waals surface area contributed by atoms with Crippen LogP contribution in [0.3, 0.4) is 0 Å². The molecular formula is C15H15NO3. The van der Waals surface area contributed by atoms with Crippen LogP contribution in [-0.4, -0.2) is 4.92 Å². The summed E-state index contributed by atoms with van der Waals surface area (Å²) in [5.74, 6) is 1.41. The molecule has 0 saturated carbocycles. The summed E-state index contributed by atoms with van der Waals surface area (Å²) in [6.45, 7) is 5.48. The van der Waals surface area contributed by atoms with Gasteiger partial charge in [-0.2, -0.15) is 0 Å². The summed E-state index contributed by atoms with van der Waals surface area (Å²) in [4.78, 5) is 10.5. The van der Waals surface area contributed by atoms with Crippen LogP contribution in [0, 0.1) is 30.9 Å². The highest BCUT2D eigenvalue weighted by Gasteiger charge is 2.14. The Balaban J connectivity index is 2.39. The van der Waals surface area contributed by atoms with Crippen LogP contribution in [0.5, 0.6) is 11.5 Å². The minimum Gasteiger partial charge on any atom is -0.457 e. The maximum Gasteiger partial charge on any atom is 0.272 e. The van der Waals surface area contributed by atoms with Crippen molar-refractivity contribution >= 4 is 5.69 Å². The molecule has 0 atom stereocenters. The Morgan fingerprint density at radius 1 is 0.947 bits per heavy atom. The van der Waals surface area contributed by atoms with E-state index in [1.165, 1.54) is 0 Å². The lowest BCUT2D eigenvalue weighted by molar-refractivity contribution is -0.385. The zero-order valence-corrected chi connectivity index (χ0v) is 11.1. The van der Waals surface area contributed by atoms with Crippen LogP contribution in [0.1, 0.15) is 16.7 Å². The number of aryl methyl sites for hydroxylation is 3. The zero-order valence-electron chi connectivity index (χ0n) is 11.1. The van der Waals surface area contributed by atoms with E-state index in [1.807, 2.05) is 31.2 Å². The normalized spacial score (nSPS) is 10.3. The molecule has 0 N–H and O–H groups in total. The van der Waals surface area contributed by atoms with Gasteiger partial charge in [-0.3, -0.25) is 10.1 Å². The van der Waals surface area contributed by atoms with Crippen molar-refractivity contribution in [2.45, 2.75) is 20.8 Å². The predicted octanol–water partition coefficient (Wildman–Crippen LogP) is 4.31. The van der Waals surface area contributed by atoms with Gasteiger partial charge in [0.25, 0.3) is 5.69 Å². The second kappa shape index (κ2) is 5.10. The van der Waals surface area contributed by atoms with Crippen molar-refractivity contribution in [2.24, 2.45) is 0 Å². The Bertz CT molecular complexity index is 635. The van der Waals surface area contributed by atoms with Crippen LogP contribution in [0.2, 0.25) is 0 Å². The van der Waals surface area contributed by atoms with Crippen molar-refractivity contribution < 1.29 is 9.66 Å². The van der Waals surface area contributed by atoms with E-state index in [0.717, 1.165) is 16.9 Å². The van der Waals surface area contributed by atoms with Crippen molar-refractivity contribution in [3.8, 4) is 11.5 Å². The Morgan fingerprint density at radius 2 is 1.63 bits per heavy atom. The standard InChI is InChI=1S/C15H15NO3/c1-10-6-4-5-7-14(10)19-15-9-11(2)13(16(17)18)8-12(15)3/h4-9H,1-3H3. The van der Waals surface area contributed by atoms with E-state index in [9.17, 15) is 10.1 Å². The number of nitro groups is 1. The van der Waals surface area contributed by atoms with Gasteiger partial charge in [0.1, 0.15) is 11.5 Å². The summed E-state index contributed by atoms with van der Waals surface area (Å²) in [5, 5.41) is 10.9. The smallest absolute Gasteiger partial charge is 0.272 e. The fourth-order valence-electron chi connectivity index (χ4n) is 1.87. The molecule has 0 heterocycles. The number of hydrogen-bond acceptors (Lipinski definition) is 3. The minimum absolute atomic E-state index is 0.120. The van der Waals surface area contributed by atoms with E-state index >= 15 is 0 Å². The molecule has 0 saturated heterocycles. The van der Waals surface area contributed by atoms with Crippen LogP contribution in [0.25, 0.3) is 0 Å². The lowest BCUT2D eigenvalue weighted by Gasteiger charge is -2.11. The van der Waals surface area contributed by atoms with Crippen LogP contribution in [0.4, 0.5) is 5.69 Å². The molecule has 19 heavy (non-hydrogen) atoms. The van der Waals surface area contributed by atoms with Crippen LogP contribution >= 0.6 is 0 Å². The second-order valence-corrected chi connectivity index (χ2v) is 4.53. The van der Waals surface area contributed by atoms with Gasteiger partial charge in [0.05, 0.1) is 4.92 Å². The van der Waals surface area contributed by atoms with Crippen molar-refractivity contribution in [3.63, 3.8) is 0 Å². The molecular weight excluding hydrogens is 242 g/mol. The molecule has 0 bridgehead atoms. The third kappa shape index (κ3) is 2.73. The number of para-hydroxylation sites is 1. The van der Waals surface area contributed by atoms with Gasteiger partial charge in [-0.25, -0.2) is 0 Å². The lowest BCUT2D eigenvalue weighted by Crippen LogP contribution is -1.96. The largest absolute Gasteiger partial charge is 0.457 e. The predicted molar refractivity (Wildman–Crippen MR) is 73.8 cm³/mol. The van der Waals surface area contributed by atoms with E-state index in [1.54, 1.807) is 26.0 Å². The van der Waals surface area contributed by atoms with Crippen molar-refractivity contribution in [3.05, 3.63) is 63.2 Å². The van der Waals surface area contributed by atoms with Crippen LogP contribution in [0.15, 0.2) is 36.4 Å². The van der Waals surface area contributed by atoms with E-state index in [-0.39, 0.29) is 10.6 Å². The number of nitrogens with zero attached hydrogens (tertiary/aromatic N) is 1. The number of nitro benzene ring substituents is 1. The van der Waals surface area contributed by atoms with Gasteiger partial charge >= 0.3 is 0 Å². The molecule has 0 spiro atoms. The third-order valence-corrected chi connectivity index (χ3v) is 3.00. The fraction of sp³-hybridized carbons (Fsp3) is 0.200. The summed E-state index contributed by atoms with van der Waals surface area (Å²) < 4.78 is 5.83. The van der Waals surface area contributed by atoms with Gasteiger partial charge in [-0.05, 0) is 44.0 Å². The van der Waals surface area contributed by atoms with E-state index < -0.39 is 0 Å². The van der Waals surface area contributed by atoms with Crippen molar-refractivity contribution in [1.82, 2.24) is 0 Å². The van der Waals surface area contributed by atoms with Gasteiger partial charge in [0.15, 0.2) is 0 Å². The highest BCUT2D eigenvalue weighted by atomic mass is 16.6. The monoisotopic (exact) mass is 257 g/mol. The third-order valence-electron chi connectivity index (χ3n) is 3.00. The minimum atomic E-state index is -0.375. The van der Waals surface area contributed by atoms with Crippen molar-refractivity contribution in [1.29, 1.82) is 0 Å². The van der Waals surface area contributed by atoms with Gasteiger partial charge < -0.3 is 4.74 Å². The number of rotatable bonds is 3. The molecule has 0 aliphatic heterocycles. The Labute approximate surface area is 111 Å². The molecule has 2 rings (SSSR count). The van der Waals surface area contributed by atoms with Crippen molar-refractivity contribution in [2.75, 3.05) is 0 Å². The summed E-state index contributed by atoms with van der Waals surface area (Å²) in [7, 11) is 0. The van der Waals surface area contributed by atoms with E-state index in [4.69, 9.17) is 4.74 Å². The number of benzene rings is 2. The first-order chi connectivity index (χ1) is 8.99. The first-order valence-electron chi connectivity index (χ1n) is 5.98. The van der Waals surface area contributed by atoms with Gasteiger partial charge in [0.2, 0.25) is 0 Å². The topological polar surface area (TPSA) is 52.4 Å². The van der Waals surface area contributed by atoms with Gasteiger partial charge in [-0.15, -0.1) is 0 Å². The summed E-state index contributed by atoms with van der Waals surface area (Å²) in [5.41, 5.74) is 2.49. The van der Waals surface area contributed by atoms with Crippen LogP contribution in [-0.2, 0) is 0 Å². The highest BCUT2D eigenvalue weighted by Crippen LogP contribution is 2.32. The highest BCUT2D eigenvalue weighted by molar-refractivity contribution is 5.51. The molecule has 2 aromatic carbocycles. The first-order valence-corrected chi connectivity index (χ1v) is 5.98. The quantitative estimate of drug-likeness (QED) is 0.608. The molecule has 4 nitrogen and oxygen atoms in total. The molecule has 98 valence electrons. The summed E-state index contributed by atoms with van der Waals surface area (Å²) in [6.07, 6.45) is 0. The maximum atomic E-state index is 10.9. The molecule has 0 aliphatic rings. The number of hydrogen-bond donors (Lipinski definition) is 0. The lowest BCUT2D eigenvalue weighted by atomic mass is 10.1. The average molecular weight is 257 g/mol. The number of ether oxygens (including phenoxy) is 1. The van der Waals surface area contributed by atoms with Gasteiger partial charge in [-0.1, -0.05) is 18.2 Å². The Hall–Kier alpha value is -2.36.